The second-order valence-corrected chi connectivity index (χ2v) is 5.13. The van der Waals surface area contributed by atoms with Crippen LogP contribution in [0.5, 0.6) is 0 Å². The molecule has 1 fully saturated rings. The van der Waals surface area contributed by atoms with Crippen molar-refractivity contribution in [2.45, 2.75) is 52.6 Å². The summed E-state index contributed by atoms with van der Waals surface area (Å²) in [4.78, 5) is 4.32. The Balaban J connectivity index is 1.88. The third-order valence-corrected chi connectivity index (χ3v) is 3.68. The third-order valence-electron chi connectivity index (χ3n) is 3.68. The lowest BCUT2D eigenvalue weighted by Crippen LogP contribution is -2.42. The fraction of sp³-hybridized carbons (Fsp3) is 0.833. The van der Waals surface area contributed by atoms with Crippen LogP contribution in [0.1, 0.15) is 44.8 Å². The maximum absolute atomic E-state index is 4.32. The number of aryl methyl sites for hydroxylation is 1. The van der Waals surface area contributed by atoms with Gasteiger partial charge in [0.1, 0.15) is 5.82 Å². The summed E-state index contributed by atoms with van der Waals surface area (Å²) >= 11 is 0. The lowest BCUT2D eigenvalue weighted by molar-refractivity contribution is 0.206. The lowest BCUT2D eigenvalue weighted by atomic mass is 9.79. The first kappa shape index (κ1) is 11.6. The predicted octanol–water partition coefficient (Wildman–Crippen LogP) is 2.03. The maximum Gasteiger partial charge on any atom is 0.164 e. The van der Waals surface area contributed by atoms with Gasteiger partial charge < -0.3 is 5.32 Å². The molecule has 0 bridgehead atoms. The van der Waals surface area contributed by atoms with Crippen molar-refractivity contribution in [3.63, 3.8) is 0 Å². The van der Waals surface area contributed by atoms with E-state index in [9.17, 15) is 0 Å². The molecule has 4 nitrogen and oxygen atoms in total. The Hall–Kier alpha value is -0.900. The molecular formula is C12H22N4. The fourth-order valence-electron chi connectivity index (χ4n) is 2.76. The molecular weight excluding hydrogens is 200 g/mol. The molecule has 0 aromatic carbocycles. The van der Waals surface area contributed by atoms with E-state index in [1.807, 2.05) is 6.92 Å². The van der Waals surface area contributed by atoms with Gasteiger partial charge >= 0.3 is 0 Å². The summed E-state index contributed by atoms with van der Waals surface area (Å²) in [6, 6.07) is 0.618. The van der Waals surface area contributed by atoms with E-state index in [1.54, 1.807) is 0 Å². The van der Waals surface area contributed by atoms with Gasteiger partial charge in [0.15, 0.2) is 5.82 Å². The average molecular weight is 222 g/mol. The number of nitrogens with zero attached hydrogens (tertiary/aromatic N) is 2. The zero-order valence-corrected chi connectivity index (χ0v) is 10.5. The zero-order valence-electron chi connectivity index (χ0n) is 10.5. The van der Waals surface area contributed by atoms with Crippen LogP contribution < -0.4 is 5.32 Å². The summed E-state index contributed by atoms with van der Waals surface area (Å²) < 4.78 is 0. The van der Waals surface area contributed by atoms with Gasteiger partial charge in [-0.3, -0.25) is 5.10 Å². The van der Waals surface area contributed by atoms with E-state index >= 15 is 0 Å². The first-order chi connectivity index (χ1) is 7.66. The van der Waals surface area contributed by atoms with Crippen LogP contribution in [0.2, 0.25) is 0 Å². The van der Waals surface area contributed by atoms with Crippen LogP contribution in [0.4, 0.5) is 0 Å². The van der Waals surface area contributed by atoms with Crippen LogP contribution in [-0.4, -0.2) is 21.2 Å². The van der Waals surface area contributed by atoms with Crippen molar-refractivity contribution in [3.05, 3.63) is 11.6 Å². The first-order valence-corrected chi connectivity index (χ1v) is 6.28. The summed E-state index contributed by atoms with van der Waals surface area (Å²) in [5.41, 5.74) is 0. The van der Waals surface area contributed by atoms with E-state index in [0.717, 1.165) is 30.0 Å². The van der Waals surface area contributed by atoms with Gasteiger partial charge in [-0.25, -0.2) is 4.98 Å². The van der Waals surface area contributed by atoms with E-state index < -0.39 is 0 Å². The molecule has 1 aliphatic carbocycles. The molecule has 2 atom stereocenters. The van der Waals surface area contributed by atoms with Gasteiger partial charge in [0.05, 0.1) is 6.54 Å². The second kappa shape index (κ2) is 4.95. The van der Waals surface area contributed by atoms with E-state index in [-0.39, 0.29) is 0 Å². The van der Waals surface area contributed by atoms with E-state index in [4.69, 9.17) is 0 Å². The Morgan fingerprint density at radius 2 is 2.00 bits per heavy atom. The minimum Gasteiger partial charge on any atom is -0.306 e. The molecule has 0 spiro atoms. The molecule has 4 heteroatoms. The van der Waals surface area contributed by atoms with E-state index in [0.29, 0.717) is 6.04 Å². The average Bonchev–Trinajstić information content (AvgIpc) is 2.63. The van der Waals surface area contributed by atoms with Crippen molar-refractivity contribution >= 4 is 0 Å². The van der Waals surface area contributed by atoms with Gasteiger partial charge in [-0.2, -0.15) is 5.10 Å². The standard InChI is InChI=1S/C12H22N4/c1-8-5-4-6-9(2)12(8)13-7-11-14-10(3)15-16-11/h8-9,12-13H,4-7H2,1-3H3,(H,14,15,16). The Morgan fingerprint density at radius 1 is 1.31 bits per heavy atom. The van der Waals surface area contributed by atoms with Gasteiger partial charge in [-0.1, -0.05) is 20.3 Å². The van der Waals surface area contributed by atoms with Crippen LogP contribution in [0.3, 0.4) is 0 Å². The number of H-pyrrole nitrogens is 1. The molecule has 1 aromatic heterocycles. The van der Waals surface area contributed by atoms with Crippen LogP contribution in [0, 0.1) is 18.8 Å². The lowest BCUT2D eigenvalue weighted by Gasteiger charge is -2.35. The molecule has 1 saturated carbocycles. The highest BCUT2D eigenvalue weighted by Gasteiger charge is 2.27. The smallest absolute Gasteiger partial charge is 0.164 e. The number of aromatic amines is 1. The molecule has 2 N–H and O–H groups in total. The summed E-state index contributed by atoms with van der Waals surface area (Å²) in [6.07, 6.45) is 4.06. The molecule has 1 aliphatic rings. The van der Waals surface area contributed by atoms with Crippen LogP contribution >= 0.6 is 0 Å². The molecule has 90 valence electrons. The summed E-state index contributed by atoms with van der Waals surface area (Å²) in [7, 11) is 0. The number of aromatic nitrogens is 3. The van der Waals surface area contributed by atoms with Gasteiger partial charge in [0.2, 0.25) is 0 Å². The molecule has 0 amide bonds. The molecule has 2 unspecified atom stereocenters. The molecule has 0 aliphatic heterocycles. The molecule has 1 heterocycles. The van der Waals surface area contributed by atoms with Gasteiger partial charge in [-0.05, 0) is 31.6 Å². The fourth-order valence-corrected chi connectivity index (χ4v) is 2.76. The normalized spacial score (nSPS) is 30.6. The SMILES string of the molecule is Cc1nc(CNC2C(C)CCCC2C)n[nH]1. The molecule has 2 rings (SSSR count). The third kappa shape index (κ3) is 2.61. The van der Waals surface area contributed by atoms with Crippen LogP contribution in [0.25, 0.3) is 0 Å². The number of hydrogen-bond donors (Lipinski definition) is 2. The largest absolute Gasteiger partial charge is 0.306 e. The highest BCUT2D eigenvalue weighted by molar-refractivity contribution is 4.90. The van der Waals surface area contributed by atoms with Crippen molar-refractivity contribution in [2.75, 3.05) is 0 Å². The first-order valence-electron chi connectivity index (χ1n) is 6.28. The van der Waals surface area contributed by atoms with Crippen molar-refractivity contribution in [3.8, 4) is 0 Å². The molecule has 16 heavy (non-hydrogen) atoms. The maximum atomic E-state index is 4.32. The van der Waals surface area contributed by atoms with E-state index in [2.05, 4.69) is 34.3 Å². The monoisotopic (exact) mass is 222 g/mol. The Kier molecular flexibility index (Phi) is 3.59. The van der Waals surface area contributed by atoms with Crippen molar-refractivity contribution in [2.24, 2.45) is 11.8 Å². The summed E-state index contributed by atoms with van der Waals surface area (Å²) in [5.74, 6) is 3.30. The van der Waals surface area contributed by atoms with E-state index in [1.165, 1.54) is 19.3 Å². The zero-order chi connectivity index (χ0) is 11.5. The van der Waals surface area contributed by atoms with Crippen molar-refractivity contribution < 1.29 is 0 Å². The summed E-state index contributed by atoms with van der Waals surface area (Å²) in [6.45, 7) is 7.40. The minimum absolute atomic E-state index is 0.618. The number of rotatable bonds is 3. The van der Waals surface area contributed by atoms with Gasteiger partial charge in [0.25, 0.3) is 0 Å². The van der Waals surface area contributed by atoms with Crippen molar-refractivity contribution in [1.82, 2.24) is 20.5 Å². The number of hydrogen-bond acceptors (Lipinski definition) is 3. The van der Waals surface area contributed by atoms with Crippen molar-refractivity contribution in [1.29, 1.82) is 0 Å². The predicted molar refractivity (Wildman–Crippen MR) is 63.9 cm³/mol. The molecule has 0 radical (unpaired) electrons. The molecule has 1 aromatic rings. The molecule has 0 saturated heterocycles. The quantitative estimate of drug-likeness (QED) is 0.822. The highest BCUT2D eigenvalue weighted by Crippen LogP contribution is 2.28. The number of nitrogens with one attached hydrogen (secondary N) is 2. The summed E-state index contributed by atoms with van der Waals surface area (Å²) in [5, 5.41) is 10.6. The van der Waals surface area contributed by atoms with Gasteiger partial charge in [0, 0.05) is 6.04 Å². The Bertz CT molecular complexity index is 324. The van der Waals surface area contributed by atoms with Crippen LogP contribution in [-0.2, 0) is 6.54 Å². The Labute approximate surface area is 97.2 Å². The van der Waals surface area contributed by atoms with Crippen LogP contribution in [0.15, 0.2) is 0 Å². The Morgan fingerprint density at radius 3 is 2.56 bits per heavy atom. The van der Waals surface area contributed by atoms with Gasteiger partial charge in [-0.15, -0.1) is 0 Å². The topological polar surface area (TPSA) is 53.6 Å². The minimum atomic E-state index is 0.618. The second-order valence-electron chi connectivity index (χ2n) is 5.13. The highest BCUT2D eigenvalue weighted by atomic mass is 15.2.